The molecule has 30 heavy (non-hydrogen) atoms. The van der Waals surface area contributed by atoms with E-state index in [1.165, 1.54) is 11.8 Å². The van der Waals surface area contributed by atoms with Gasteiger partial charge >= 0.3 is 0 Å². The SMILES string of the molecule is COc1ccc(OC)c(Sc2cc(-c3ccc(OCC(N)=O)cc3C)nc(N)n2)c1. The van der Waals surface area contributed by atoms with Crippen LogP contribution < -0.4 is 25.7 Å². The zero-order chi connectivity index (χ0) is 21.7. The van der Waals surface area contributed by atoms with Crippen molar-refractivity contribution in [3.63, 3.8) is 0 Å². The molecule has 0 unspecified atom stereocenters. The number of rotatable bonds is 8. The lowest BCUT2D eigenvalue weighted by Crippen LogP contribution is -2.20. The van der Waals surface area contributed by atoms with Gasteiger partial charge in [-0.3, -0.25) is 4.79 Å². The summed E-state index contributed by atoms with van der Waals surface area (Å²) in [7, 11) is 3.22. The Morgan fingerprint density at radius 1 is 1.03 bits per heavy atom. The number of aryl methyl sites for hydroxylation is 1. The third kappa shape index (κ3) is 5.12. The zero-order valence-corrected chi connectivity index (χ0v) is 17.7. The number of amides is 1. The summed E-state index contributed by atoms with van der Waals surface area (Å²) in [6.07, 6.45) is 0. The minimum absolute atomic E-state index is 0.158. The number of ether oxygens (including phenoxy) is 3. The number of nitrogens with zero attached hydrogens (tertiary/aromatic N) is 2. The molecule has 9 heteroatoms. The molecule has 0 atom stereocenters. The van der Waals surface area contributed by atoms with E-state index in [0.717, 1.165) is 16.0 Å². The van der Waals surface area contributed by atoms with Crippen LogP contribution in [0.4, 0.5) is 5.95 Å². The molecule has 1 heterocycles. The van der Waals surface area contributed by atoms with E-state index < -0.39 is 5.91 Å². The van der Waals surface area contributed by atoms with Crippen molar-refractivity contribution in [2.75, 3.05) is 26.6 Å². The lowest BCUT2D eigenvalue weighted by molar-refractivity contribution is -0.119. The van der Waals surface area contributed by atoms with Crippen LogP contribution in [-0.2, 0) is 4.79 Å². The van der Waals surface area contributed by atoms with Crippen LogP contribution in [0, 0.1) is 6.92 Å². The molecular formula is C21H22N4O4S. The summed E-state index contributed by atoms with van der Waals surface area (Å²) >= 11 is 1.40. The molecule has 3 aromatic rings. The van der Waals surface area contributed by atoms with Crippen molar-refractivity contribution in [2.24, 2.45) is 5.73 Å². The molecule has 0 radical (unpaired) electrons. The Labute approximate surface area is 178 Å². The Hall–Kier alpha value is -3.46. The predicted octanol–water partition coefficient (Wildman–Crippen LogP) is 3.07. The zero-order valence-electron chi connectivity index (χ0n) is 16.8. The molecule has 156 valence electrons. The number of hydrogen-bond donors (Lipinski definition) is 2. The summed E-state index contributed by atoms with van der Waals surface area (Å²) in [6, 6.07) is 12.8. The van der Waals surface area contributed by atoms with E-state index in [9.17, 15) is 4.79 Å². The van der Waals surface area contributed by atoms with Crippen LogP contribution in [0.5, 0.6) is 17.2 Å². The van der Waals surface area contributed by atoms with Gasteiger partial charge in [-0.05, 0) is 55.0 Å². The largest absolute Gasteiger partial charge is 0.497 e. The first-order valence-electron chi connectivity index (χ1n) is 8.96. The molecule has 1 amide bonds. The summed E-state index contributed by atoms with van der Waals surface area (Å²) in [5.41, 5.74) is 13.5. The Bertz CT molecular complexity index is 1070. The number of methoxy groups -OCH3 is 2. The van der Waals surface area contributed by atoms with Gasteiger partial charge in [0.25, 0.3) is 5.91 Å². The van der Waals surface area contributed by atoms with Gasteiger partial charge in [0.1, 0.15) is 22.3 Å². The lowest BCUT2D eigenvalue weighted by atomic mass is 10.1. The minimum atomic E-state index is -0.532. The van der Waals surface area contributed by atoms with E-state index in [-0.39, 0.29) is 12.6 Å². The van der Waals surface area contributed by atoms with Gasteiger partial charge in [0, 0.05) is 5.56 Å². The van der Waals surface area contributed by atoms with E-state index in [1.54, 1.807) is 20.3 Å². The molecule has 0 aliphatic heterocycles. The molecule has 0 bridgehead atoms. The second-order valence-electron chi connectivity index (χ2n) is 6.30. The summed E-state index contributed by atoms with van der Waals surface area (Å²) in [5, 5.41) is 0.664. The van der Waals surface area contributed by atoms with Gasteiger partial charge in [-0.25, -0.2) is 9.97 Å². The molecule has 0 aliphatic rings. The Morgan fingerprint density at radius 2 is 1.80 bits per heavy atom. The second-order valence-corrected chi connectivity index (χ2v) is 7.36. The van der Waals surface area contributed by atoms with Crippen molar-refractivity contribution in [1.82, 2.24) is 9.97 Å². The average Bonchev–Trinajstić information content (AvgIpc) is 2.71. The topological polar surface area (TPSA) is 123 Å². The summed E-state index contributed by atoms with van der Waals surface area (Å²) in [4.78, 5) is 20.5. The van der Waals surface area contributed by atoms with Crippen LogP contribution in [0.2, 0.25) is 0 Å². The standard InChI is InChI=1S/C21H22N4O4S/c1-12-8-14(29-11-19(22)26)4-6-15(12)16-10-20(25-21(23)24-16)30-18-9-13(27-2)5-7-17(18)28-3/h4-10H,11H2,1-3H3,(H2,22,26)(H2,23,24,25). The van der Waals surface area contributed by atoms with E-state index >= 15 is 0 Å². The molecular weight excluding hydrogens is 404 g/mol. The quantitative estimate of drug-likeness (QED) is 0.527. The molecule has 8 nitrogen and oxygen atoms in total. The Balaban J connectivity index is 1.92. The number of carbonyl (C=O) groups is 1. The van der Waals surface area contributed by atoms with Crippen molar-refractivity contribution < 1.29 is 19.0 Å². The highest BCUT2D eigenvalue weighted by Gasteiger charge is 2.13. The summed E-state index contributed by atoms with van der Waals surface area (Å²) < 4.78 is 16.1. The van der Waals surface area contributed by atoms with Crippen LogP contribution >= 0.6 is 11.8 Å². The highest BCUT2D eigenvalue weighted by Crippen LogP contribution is 2.38. The Morgan fingerprint density at radius 3 is 2.47 bits per heavy atom. The number of primary amides is 1. The highest BCUT2D eigenvalue weighted by molar-refractivity contribution is 7.99. The predicted molar refractivity (Wildman–Crippen MR) is 115 cm³/mol. The van der Waals surface area contributed by atoms with E-state index in [4.69, 9.17) is 25.7 Å². The van der Waals surface area contributed by atoms with Crippen LogP contribution in [0.15, 0.2) is 52.4 Å². The first kappa shape index (κ1) is 21.3. The second kappa shape index (κ2) is 9.36. The molecule has 3 rings (SSSR count). The fraction of sp³-hybridized carbons (Fsp3) is 0.190. The molecule has 0 saturated carbocycles. The molecule has 0 saturated heterocycles. The maximum Gasteiger partial charge on any atom is 0.255 e. The van der Waals surface area contributed by atoms with Crippen LogP contribution in [0.3, 0.4) is 0 Å². The first-order chi connectivity index (χ1) is 14.4. The fourth-order valence-electron chi connectivity index (χ4n) is 2.78. The number of anilines is 1. The smallest absolute Gasteiger partial charge is 0.255 e. The maximum absolute atomic E-state index is 10.9. The van der Waals surface area contributed by atoms with E-state index in [1.807, 2.05) is 43.3 Å². The van der Waals surface area contributed by atoms with Crippen molar-refractivity contribution in [2.45, 2.75) is 16.8 Å². The summed E-state index contributed by atoms with van der Waals surface area (Å²) in [6.45, 7) is 1.74. The van der Waals surface area contributed by atoms with Gasteiger partial charge in [0.05, 0.1) is 24.8 Å². The third-order valence-electron chi connectivity index (χ3n) is 4.16. The van der Waals surface area contributed by atoms with Crippen molar-refractivity contribution in [3.8, 4) is 28.5 Å². The minimum Gasteiger partial charge on any atom is -0.497 e. The molecule has 4 N–H and O–H groups in total. The van der Waals surface area contributed by atoms with Gasteiger partial charge in [0.2, 0.25) is 5.95 Å². The monoisotopic (exact) mass is 426 g/mol. The number of benzene rings is 2. The molecule has 1 aromatic heterocycles. The van der Waals surface area contributed by atoms with E-state index in [2.05, 4.69) is 9.97 Å². The molecule has 0 aliphatic carbocycles. The third-order valence-corrected chi connectivity index (χ3v) is 5.12. The lowest BCUT2D eigenvalue weighted by Gasteiger charge is -2.12. The fourth-order valence-corrected chi connectivity index (χ4v) is 3.74. The molecule has 0 spiro atoms. The highest BCUT2D eigenvalue weighted by atomic mass is 32.2. The number of nitrogens with two attached hydrogens (primary N) is 2. The average molecular weight is 426 g/mol. The number of aromatic nitrogens is 2. The number of nitrogen functional groups attached to an aromatic ring is 1. The van der Waals surface area contributed by atoms with Gasteiger partial charge in [0.15, 0.2) is 6.61 Å². The van der Waals surface area contributed by atoms with Crippen molar-refractivity contribution in [1.29, 1.82) is 0 Å². The Kier molecular flexibility index (Phi) is 6.63. The van der Waals surface area contributed by atoms with Crippen molar-refractivity contribution >= 4 is 23.6 Å². The van der Waals surface area contributed by atoms with Gasteiger partial charge in [-0.15, -0.1) is 0 Å². The first-order valence-corrected chi connectivity index (χ1v) is 9.78. The number of hydrogen-bond acceptors (Lipinski definition) is 8. The molecule has 2 aromatic carbocycles. The summed E-state index contributed by atoms with van der Waals surface area (Å²) in [5.74, 6) is 1.59. The van der Waals surface area contributed by atoms with E-state index in [0.29, 0.717) is 28.0 Å². The van der Waals surface area contributed by atoms with Crippen molar-refractivity contribution in [3.05, 3.63) is 48.0 Å². The normalized spacial score (nSPS) is 10.5. The van der Waals surface area contributed by atoms with Crippen LogP contribution in [0.25, 0.3) is 11.3 Å². The van der Waals surface area contributed by atoms with Crippen LogP contribution in [-0.4, -0.2) is 36.7 Å². The van der Waals surface area contributed by atoms with Gasteiger partial charge in [-0.1, -0.05) is 11.8 Å². The molecule has 0 fully saturated rings. The number of carbonyl (C=O) groups excluding carboxylic acids is 1. The van der Waals surface area contributed by atoms with Gasteiger partial charge in [-0.2, -0.15) is 0 Å². The maximum atomic E-state index is 10.9. The van der Waals surface area contributed by atoms with Crippen LogP contribution in [0.1, 0.15) is 5.56 Å². The van der Waals surface area contributed by atoms with Gasteiger partial charge < -0.3 is 25.7 Å².